The van der Waals surface area contributed by atoms with E-state index >= 15 is 0 Å². The number of nitrogens with zero attached hydrogens (tertiary/aromatic N) is 2. The first kappa shape index (κ1) is 15.1. The molecule has 1 aromatic rings. The maximum Gasteiger partial charge on any atom is 0.265 e. The number of nitro groups is 1. The van der Waals surface area contributed by atoms with Crippen molar-refractivity contribution in [1.82, 2.24) is 4.31 Å². The molecule has 0 saturated carbocycles. The Morgan fingerprint density at radius 2 is 2.00 bits per heavy atom. The van der Waals surface area contributed by atoms with Gasteiger partial charge in [0.2, 0.25) is 0 Å². The van der Waals surface area contributed by atoms with Gasteiger partial charge in [-0.2, -0.15) is 0 Å². The molecule has 0 amide bonds. The summed E-state index contributed by atoms with van der Waals surface area (Å²) in [5.74, 6) is 0. The van der Waals surface area contributed by atoms with Crippen LogP contribution in [0.1, 0.15) is 0 Å². The molecule has 1 heterocycles. The lowest BCUT2D eigenvalue weighted by Gasteiger charge is -2.25. The summed E-state index contributed by atoms with van der Waals surface area (Å²) in [4.78, 5) is 10.0. The Morgan fingerprint density at radius 3 is 2.60 bits per heavy atom. The van der Waals surface area contributed by atoms with Crippen LogP contribution in [0, 0.1) is 10.1 Å². The summed E-state index contributed by atoms with van der Waals surface area (Å²) < 4.78 is 26.8. The number of hydrogen-bond donors (Lipinski definition) is 0. The topological polar surface area (TPSA) is 80.5 Å². The molecule has 1 aromatic carbocycles. The Balaban J connectivity index is 2.44. The summed E-state index contributed by atoms with van der Waals surface area (Å²) in [6, 6.07) is 6.12. The fourth-order valence-electron chi connectivity index (χ4n) is 1.54. The maximum atomic E-state index is 12.5. The zero-order valence-corrected chi connectivity index (χ0v) is 13.2. The van der Waals surface area contributed by atoms with Gasteiger partial charge < -0.3 is 0 Å². The number of hydrogen-bond acceptors (Lipinski definition) is 5. The van der Waals surface area contributed by atoms with Gasteiger partial charge >= 0.3 is 0 Å². The minimum Gasteiger partial charge on any atom is -0.259 e. The Labute approximate surface area is 128 Å². The van der Waals surface area contributed by atoms with E-state index in [0.29, 0.717) is 6.20 Å². The molecule has 0 aromatic heterocycles. The highest BCUT2D eigenvalue weighted by molar-refractivity contribution is 9.10. The zero-order valence-electron chi connectivity index (χ0n) is 9.97. The SMILES string of the molecule is O=[N+]([O-])C=C1SC=CCN1S(=O)(=O)c1ccc(Br)cc1. The normalized spacial score (nSPS) is 17.4. The Morgan fingerprint density at radius 1 is 1.35 bits per heavy atom. The van der Waals surface area contributed by atoms with Crippen LogP contribution in [-0.2, 0) is 10.0 Å². The first-order valence-corrected chi connectivity index (χ1v) is 8.48. The molecule has 6 nitrogen and oxygen atoms in total. The van der Waals surface area contributed by atoms with Gasteiger partial charge in [0, 0.05) is 4.47 Å². The second-order valence-electron chi connectivity index (χ2n) is 3.73. The van der Waals surface area contributed by atoms with Crippen LogP contribution in [-0.4, -0.2) is 24.2 Å². The molecule has 2 rings (SSSR count). The van der Waals surface area contributed by atoms with E-state index in [9.17, 15) is 18.5 Å². The van der Waals surface area contributed by atoms with Gasteiger partial charge in [0.25, 0.3) is 16.2 Å². The molecule has 9 heteroatoms. The second kappa shape index (κ2) is 5.98. The fraction of sp³-hybridized carbons (Fsp3) is 0.0909. The largest absolute Gasteiger partial charge is 0.265 e. The molecule has 20 heavy (non-hydrogen) atoms. The van der Waals surface area contributed by atoms with Gasteiger partial charge in [-0.3, -0.25) is 14.4 Å². The first-order valence-electron chi connectivity index (χ1n) is 5.36. The monoisotopic (exact) mass is 376 g/mol. The summed E-state index contributed by atoms with van der Waals surface area (Å²) in [6.07, 6.45) is 2.34. The van der Waals surface area contributed by atoms with Crippen LogP contribution in [0.2, 0.25) is 0 Å². The van der Waals surface area contributed by atoms with Crippen LogP contribution in [0.3, 0.4) is 0 Å². The Hall–Kier alpha value is -1.32. The number of sulfonamides is 1. The lowest BCUT2D eigenvalue weighted by Crippen LogP contribution is -2.31. The van der Waals surface area contributed by atoms with E-state index in [1.165, 1.54) is 12.1 Å². The van der Waals surface area contributed by atoms with Crippen molar-refractivity contribution >= 4 is 37.7 Å². The van der Waals surface area contributed by atoms with Gasteiger partial charge in [-0.05, 0) is 29.7 Å². The fourth-order valence-corrected chi connectivity index (χ4v) is 4.19. The predicted molar refractivity (Wildman–Crippen MR) is 79.8 cm³/mol. The molecule has 106 valence electrons. The third kappa shape index (κ3) is 3.22. The standard InChI is InChI=1S/C11H9BrN2O4S2/c12-9-2-4-10(5-3-9)20(17,18)13-6-1-7-19-11(13)8-14(15)16/h1-5,7-8H,6H2. The van der Waals surface area contributed by atoms with Gasteiger partial charge in [-0.1, -0.05) is 33.8 Å². The molecular weight excluding hydrogens is 368 g/mol. The maximum absolute atomic E-state index is 12.5. The number of halogens is 1. The molecule has 0 aliphatic carbocycles. The van der Waals surface area contributed by atoms with Gasteiger partial charge in [-0.15, -0.1) is 0 Å². The van der Waals surface area contributed by atoms with Crippen molar-refractivity contribution in [3.63, 3.8) is 0 Å². The smallest absolute Gasteiger partial charge is 0.259 e. The molecule has 0 saturated heterocycles. The number of rotatable bonds is 3. The number of benzene rings is 1. The van der Waals surface area contributed by atoms with Crippen molar-refractivity contribution in [3.05, 3.63) is 61.6 Å². The van der Waals surface area contributed by atoms with E-state index in [1.807, 2.05) is 0 Å². The summed E-state index contributed by atoms with van der Waals surface area (Å²) >= 11 is 4.23. The molecule has 1 aliphatic heterocycles. The van der Waals surface area contributed by atoms with Crippen LogP contribution in [0.25, 0.3) is 0 Å². The Bertz CT molecular complexity index is 683. The average molecular weight is 377 g/mol. The molecule has 0 atom stereocenters. The molecule has 0 spiro atoms. The van der Waals surface area contributed by atoms with Crippen molar-refractivity contribution in [2.24, 2.45) is 0 Å². The lowest BCUT2D eigenvalue weighted by atomic mass is 10.4. The lowest BCUT2D eigenvalue weighted by molar-refractivity contribution is -0.403. The molecule has 0 unspecified atom stereocenters. The highest BCUT2D eigenvalue weighted by Crippen LogP contribution is 2.31. The second-order valence-corrected chi connectivity index (χ2v) is 7.44. The Kier molecular flexibility index (Phi) is 4.51. The average Bonchev–Trinajstić information content (AvgIpc) is 2.39. The molecule has 0 radical (unpaired) electrons. The predicted octanol–water partition coefficient (Wildman–Crippen LogP) is 2.78. The van der Waals surface area contributed by atoms with Crippen LogP contribution >= 0.6 is 27.7 Å². The highest BCUT2D eigenvalue weighted by atomic mass is 79.9. The summed E-state index contributed by atoms with van der Waals surface area (Å²) in [6.45, 7) is 0.0745. The van der Waals surface area contributed by atoms with Crippen molar-refractivity contribution in [3.8, 4) is 0 Å². The van der Waals surface area contributed by atoms with Gasteiger partial charge in [-0.25, -0.2) is 8.42 Å². The van der Waals surface area contributed by atoms with E-state index < -0.39 is 14.9 Å². The van der Waals surface area contributed by atoms with Crippen LogP contribution in [0.5, 0.6) is 0 Å². The van der Waals surface area contributed by atoms with Gasteiger partial charge in [0.05, 0.1) is 16.4 Å². The van der Waals surface area contributed by atoms with Gasteiger partial charge in [0.1, 0.15) is 0 Å². The van der Waals surface area contributed by atoms with E-state index in [-0.39, 0.29) is 16.5 Å². The van der Waals surface area contributed by atoms with E-state index in [1.54, 1.807) is 23.6 Å². The minimum absolute atomic E-state index is 0.0698. The van der Waals surface area contributed by atoms with Gasteiger partial charge in [0.15, 0.2) is 5.03 Å². The third-order valence-electron chi connectivity index (χ3n) is 2.42. The minimum atomic E-state index is -3.81. The van der Waals surface area contributed by atoms with Crippen LogP contribution < -0.4 is 0 Å². The van der Waals surface area contributed by atoms with E-state index in [4.69, 9.17) is 0 Å². The molecule has 0 bridgehead atoms. The molecule has 0 fully saturated rings. The molecular formula is C11H9BrN2O4S2. The van der Waals surface area contributed by atoms with E-state index in [2.05, 4.69) is 15.9 Å². The third-order valence-corrected chi connectivity index (χ3v) is 5.75. The number of thioether (sulfide) groups is 1. The van der Waals surface area contributed by atoms with Crippen LogP contribution in [0.15, 0.2) is 56.3 Å². The summed E-state index contributed by atoms with van der Waals surface area (Å²) in [5, 5.41) is 12.3. The van der Waals surface area contributed by atoms with Crippen molar-refractivity contribution < 1.29 is 13.3 Å². The van der Waals surface area contributed by atoms with Crippen LogP contribution in [0.4, 0.5) is 0 Å². The van der Waals surface area contributed by atoms with Crippen molar-refractivity contribution in [2.45, 2.75) is 4.90 Å². The summed E-state index contributed by atoms with van der Waals surface area (Å²) in [5.41, 5.74) is 0. The molecule has 0 N–H and O–H groups in total. The van der Waals surface area contributed by atoms with E-state index in [0.717, 1.165) is 20.5 Å². The van der Waals surface area contributed by atoms with Crippen molar-refractivity contribution in [2.75, 3.05) is 6.54 Å². The highest BCUT2D eigenvalue weighted by Gasteiger charge is 2.29. The first-order chi connectivity index (χ1) is 9.41. The quantitative estimate of drug-likeness (QED) is 0.598. The zero-order chi connectivity index (χ0) is 14.8. The molecule has 1 aliphatic rings. The van der Waals surface area contributed by atoms with Crippen molar-refractivity contribution in [1.29, 1.82) is 0 Å². The summed E-state index contributed by atoms with van der Waals surface area (Å²) in [7, 11) is -3.81.